The van der Waals surface area contributed by atoms with E-state index in [4.69, 9.17) is 21.9 Å². The maximum atomic E-state index is 6.50. The van der Waals surface area contributed by atoms with E-state index < -0.39 is 5.54 Å². The Morgan fingerprint density at radius 3 is 3.00 bits per heavy atom. The number of nitrogens with zero attached hydrogens (tertiary/aromatic N) is 2. The van der Waals surface area contributed by atoms with E-state index in [1.807, 2.05) is 12.1 Å². The molecule has 0 saturated heterocycles. The molecular formula is C15H17BrClN3O. The quantitative estimate of drug-likeness (QED) is 0.844. The van der Waals surface area contributed by atoms with Gasteiger partial charge in [0.15, 0.2) is 5.82 Å². The zero-order chi connectivity index (χ0) is 15.0. The molecule has 2 unspecified atom stereocenters. The first-order valence-electron chi connectivity index (χ1n) is 7.06. The Bertz CT molecular complexity index is 660. The summed E-state index contributed by atoms with van der Waals surface area (Å²) in [6.45, 7) is 2.22. The molecule has 0 aliphatic heterocycles. The van der Waals surface area contributed by atoms with Gasteiger partial charge in [0.25, 0.3) is 5.89 Å². The van der Waals surface area contributed by atoms with Crippen LogP contribution in [0.15, 0.2) is 27.2 Å². The molecule has 1 saturated carbocycles. The Labute approximate surface area is 137 Å². The van der Waals surface area contributed by atoms with Gasteiger partial charge in [-0.05, 0) is 52.9 Å². The van der Waals surface area contributed by atoms with Crippen molar-refractivity contribution in [2.45, 2.75) is 38.1 Å². The topological polar surface area (TPSA) is 64.9 Å². The molecule has 2 atom stereocenters. The largest absolute Gasteiger partial charge is 0.334 e. The highest BCUT2D eigenvalue weighted by Crippen LogP contribution is 2.37. The minimum atomic E-state index is -0.474. The average molecular weight is 371 g/mol. The Kier molecular flexibility index (Phi) is 4.08. The van der Waals surface area contributed by atoms with Gasteiger partial charge in [0.05, 0.1) is 10.6 Å². The van der Waals surface area contributed by atoms with Crippen LogP contribution in [-0.4, -0.2) is 10.1 Å². The molecule has 2 N–H and O–H groups in total. The fourth-order valence-corrected chi connectivity index (χ4v) is 3.39. The van der Waals surface area contributed by atoms with Gasteiger partial charge in [-0.25, -0.2) is 0 Å². The van der Waals surface area contributed by atoms with Crippen molar-refractivity contribution in [2.75, 3.05) is 0 Å². The molecule has 0 radical (unpaired) electrons. The van der Waals surface area contributed by atoms with E-state index in [1.165, 1.54) is 6.42 Å². The van der Waals surface area contributed by atoms with Crippen LogP contribution >= 0.6 is 27.5 Å². The fourth-order valence-electron chi connectivity index (χ4n) is 2.97. The monoisotopic (exact) mass is 369 g/mol. The van der Waals surface area contributed by atoms with Gasteiger partial charge < -0.3 is 10.3 Å². The second-order valence-electron chi connectivity index (χ2n) is 5.91. The summed E-state index contributed by atoms with van der Waals surface area (Å²) in [5.41, 5.74) is 6.82. The molecule has 1 heterocycles. The van der Waals surface area contributed by atoms with Crippen molar-refractivity contribution in [3.05, 3.63) is 33.5 Å². The normalized spacial score (nSPS) is 26.0. The van der Waals surface area contributed by atoms with Crippen molar-refractivity contribution < 1.29 is 4.52 Å². The first kappa shape index (κ1) is 15.0. The third-order valence-electron chi connectivity index (χ3n) is 4.07. The van der Waals surface area contributed by atoms with Crippen LogP contribution in [0, 0.1) is 5.92 Å². The maximum absolute atomic E-state index is 6.50. The summed E-state index contributed by atoms with van der Waals surface area (Å²) in [7, 11) is 0. The molecule has 1 aromatic heterocycles. The molecule has 6 heteroatoms. The van der Waals surface area contributed by atoms with Crippen LogP contribution in [0.4, 0.5) is 0 Å². The minimum absolute atomic E-state index is 0.461. The first-order valence-corrected chi connectivity index (χ1v) is 8.23. The minimum Gasteiger partial charge on any atom is -0.334 e. The zero-order valence-electron chi connectivity index (χ0n) is 11.8. The van der Waals surface area contributed by atoms with Crippen molar-refractivity contribution in [3.8, 4) is 11.5 Å². The van der Waals surface area contributed by atoms with Crippen molar-refractivity contribution in [1.82, 2.24) is 10.1 Å². The maximum Gasteiger partial charge on any atom is 0.258 e. The molecule has 1 aromatic carbocycles. The lowest BCUT2D eigenvalue weighted by molar-refractivity contribution is 0.222. The van der Waals surface area contributed by atoms with Crippen LogP contribution < -0.4 is 5.73 Å². The predicted octanol–water partition coefficient (Wildman–Crippen LogP) is 4.52. The molecule has 0 bridgehead atoms. The highest BCUT2D eigenvalue weighted by molar-refractivity contribution is 9.10. The number of halogens is 2. The second kappa shape index (κ2) is 5.71. The second-order valence-corrected chi connectivity index (χ2v) is 7.17. The highest BCUT2D eigenvalue weighted by Gasteiger charge is 2.37. The van der Waals surface area contributed by atoms with Gasteiger partial charge in [-0.15, -0.1) is 0 Å². The standard InChI is InChI=1S/C15H17BrClN3O/c1-9-3-2-6-15(18,8-9)14-19-13(21-20-14)10-4-5-11(16)12(17)7-10/h4-5,7,9H,2-3,6,8,18H2,1H3. The van der Waals surface area contributed by atoms with E-state index in [9.17, 15) is 0 Å². The Morgan fingerprint density at radius 1 is 1.48 bits per heavy atom. The molecule has 0 spiro atoms. The van der Waals surface area contributed by atoms with Crippen molar-refractivity contribution in [3.63, 3.8) is 0 Å². The first-order chi connectivity index (χ1) is 9.98. The third-order valence-corrected chi connectivity index (χ3v) is 5.30. The molecule has 1 fully saturated rings. The van der Waals surface area contributed by atoms with E-state index in [1.54, 1.807) is 6.07 Å². The zero-order valence-corrected chi connectivity index (χ0v) is 14.1. The van der Waals surface area contributed by atoms with Gasteiger partial charge in [-0.2, -0.15) is 4.98 Å². The molecule has 2 aromatic rings. The molecule has 1 aliphatic carbocycles. The Balaban J connectivity index is 1.90. The predicted molar refractivity (Wildman–Crippen MR) is 85.9 cm³/mol. The summed E-state index contributed by atoms with van der Waals surface area (Å²) in [6, 6.07) is 5.55. The molecule has 4 nitrogen and oxygen atoms in total. The summed E-state index contributed by atoms with van der Waals surface area (Å²) >= 11 is 9.47. The van der Waals surface area contributed by atoms with Crippen LogP contribution in [0.1, 0.15) is 38.4 Å². The summed E-state index contributed by atoms with van der Waals surface area (Å²) < 4.78 is 6.22. The van der Waals surface area contributed by atoms with Crippen molar-refractivity contribution >= 4 is 27.5 Å². The highest BCUT2D eigenvalue weighted by atomic mass is 79.9. The smallest absolute Gasteiger partial charge is 0.258 e. The summed E-state index contributed by atoms with van der Waals surface area (Å²) in [4.78, 5) is 4.50. The fraction of sp³-hybridized carbons (Fsp3) is 0.467. The van der Waals surface area contributed by atoms with Gasteiger partial charge in [0, 0.05) is 10.0 Å². The van der Waals surface area contributed by atoms with Gasteiger partial charge in [-0.3, -0.25) is 0 Å². The number of rotatable bonds is 2. The van der Waals surface area contributed by atoms with Gasteiger partial charge >= 0.3 is 0 Å². The molecular weight excluding hydrogens is 354 g/mol. The summed E-state index contributed by atoms with van der Waals surface area (Å²) in [6.07, 6.45) is 4.11. The molecule has 3 rings (SSSR count). The Hall–Kier alpha value is -0.910. The van der Waals surface area contributed by atoms with Crippen molar-refractivity contribution in [1.29, 1.82) is 0 Å². The van der Waals surface area contributed by atoms with Crippen LogP contribution in [0.5, 0.6) is 0 Å². The van der Waals surface area contributed by atoms with E-state index >= 15 is 0 Å². The van der Waals surface area contributed by atoms with Gasteiger partial charge in [0.1, 0.15) is 0 Å². The lowest BCUT2D eigenvalue weighted by atomic mass is 9.76. The molecule has 1 aliphatic rings. The molecule has 21 heavy (non-hydrogen) atoms. The van der Waals surface area contributed by atoms with E-state index in [-0.39, 0.29) is 0 Å². The van der Waals surface area contributed by atoms with E-state index in [0.29, 0.717) is 22.7 Å². The number of hydrogen-bond donors (Lipinski definition) is 1. The Morgan fingerprint density at radius 2 is 2.29 bits per heavy atom. The third kappa shape index (κ3) is 3.00. The number of hydrogen-bond acceptors (Lipinski definition) is 4. The lowest BCUT2D eigenvalue weighted by Crippen LogP contribution is -2.42. The molecule has 112 valence electrons. The van der Waals surface area contributed by atoms with E-state index in [0.717, 1.165) is 29.3 Å². The lowest BCUT2D eigenvalue weighted by Gasteiger charge is -2.33. The molecule has 0 amide bonds. The number of benzene rings is 1. The van der Waals surface area contributed by atoms with Crippen LogP contribution in [0.25, 0.3) is 11.5 Å². The number of nitrogens with two attached hydrogens (primary N) is 1. The van der Waals surface area contributed by atoms with Gasteiger partial charge in [0.2, 0.25) is 0 Å². The number of aromatic nitrogens is 2. The van der Waals surface area contributed by atoms with Crippen LogP contribution in [0.2, 0.25) is 5.02 Å². The average Bonchev–Trinajstić information content (AvgIpc) is 2.92. The van der Waals surface area contributed by atoms with Crippen LogP contribution in [0.3, 0.4) is 0 Å². The SMILES string of the molecule is CC1CCCC(N)(c2noc(-c3ccc(Br)c(Cl)c3)n2)C1. The van der Waals surface area contributed by atoms with Gasteiger partial charge in [-0.1, -0.05) is 36.5 Å². The van der Waals surface area contributed by atoms with Crippen molar-refractivity contribution in [2.24, 2.45) is 11.7 Å². The summed E-state index contributed by atoms with van der Waals surface area (Å²) in [5.74, 6) is 1.65. The van der Waals surface area contributed by atoms with Crippen LogP contribution in [-0.2, 0) is 5.54 Å². The summed E-state index contributed by atoms with van der Waals surface area (Å²) in [5, 5.41) is 4.72. The van der Waals surface area contributed by atoms with E-state index in [2.05, 4.69) is 33.0 Å².